The Bertz CT molecular complexity index is 1140. The van der Waals surface area contributed by atoms with Gasteiger partial charge in [0.15, 0.2) is 0 Å². The molecule has 0 saturated carbocycles. The molecule has 2 amide bonds. The number of hydrogen-bond acceptors (Lipinski definition) is 3. The highest BCUT2D eigenvalue weighted by atomic mass is 32.1. The third-order valence-corrected chi connectivity index (χ3v) is 7.72. The Morgan fingerprint density at radius 2 is 1.70 bits per heavy atom. The average molecular weight is 461 g/mol. The summed E-state index contributed by atoms with van der Waals surface area (Å²) in [7, 11) is 0. The number of rotatable bonds is 5. The highest BCUT2D eigenvalue weighted by molar-refractivity contribution is 7.17. The van der Waals surface area contributed by atoms with E-state index in [1.54, 1.807) is 11.3 Å². The minimum atomic E-state index is -0.182. The molecule has 2 aromatic carbocycles. The largest absolute Gasteiger partial charge is 0.348 e. The van der Waals surface area contributed by atoms with Crippen LogP contribution >= 0.6 is 11.3 Å². The van der Waals surface area contributed by atoms with Crippen LogP contribution in [-0.4, -0.2) is 11.8 Å². The highest BCUT2D eigenvalue weighted by Crippen LogP contribution is 2.44. The lowest BCUT2D eigenvalue weighted by molar-refractivity contribution is 0.0950. The summed E-state index contributed by atoms with van der Waals surface area (Å²) in [6.45, 7) is 9.30. The first-order valence-corrected chi connectivity index (χ1v) is 12.4. The fraction of sp³-hybridized carbons (Fsp3) is 0.357. The molecule has 3 aromatic rings. The van der Waals surface area contributed by atoms with Crippen molar-refractivity contribution >= 4 is 28.2 Å². The molecule has 5 heteroatoms. The van der Waals surface area contributed by atoms with E-state index in [0.717, 1.165) is 36.0 Å². The van der Waals surface area contributed by atoms with Crippen LogP contribution in [0.15, 0.2) is 54.6 Å². The van der Waals surface area contributed by atoms with E-state index in [4.69, 9.17) is 0 Å². The molecule has 4 nitrogen and oxygen atoms in total. The van der Waals surface area contributed by atoms with E-state index in [1.165, 1.54) is 4.88 Å². The van der Waals surface area contributed by atoms with Gasteiger partial charge in [-0.05, 0) is 60.8 Å². The van der Waals surface area contributed by atoms with Crippen molar-refractivity contribution in [3.8, 4) is 0 Å². The van der Waals surface area contributed by atoms with E-state index >= 15 is 0 Å². The van der Waals surface area contributed by atoms with Crippen LogP contribution in [0.2, 0.25) is 0 Å². The zero-order valence-electron chi connectivity index (χ0n) is 19.8. The molecule has 0 spiro atoms. The van der Waals surface area contributed by atoms with Crippen LogP contribution in [-0.2, 0) is 19.4 Å². The standard InChI is InChI=1S/C28H32N2O2S/c1-18-10-12-20(13-11-18)25(31)30-27-24(26(32)29-17-19-8-6-5-7-9-19)22-15-14-21(28(2,3)4)16-23(22)33-27/h5-13,21H,14-17H2,1-4H3,(H,29,32)(H,30,31). The smallest absolute Gasteiger partial charge is 0.256 e. The molecule has 1 aromatic heterocycles. The molecule has 172 valence electrons. The van der Waals surface area contributed by atoms with Gasteiger partial charge >= 0.3 is 0 Å². The summed E-state index contributed by atoms with van der Waals surface area (Å²) < 4.78 is 0. The van der Waals surface area contributed by atoms with Gasteiger partial charge in [-0.2, -0.15) is 0 Å². The number of thiophene rings is 1. The molecule has 1 unspecified atom stereocenters. The summed E-state index contributed by atoms with van der Waals surface area (Å²) >= 11 is 1.57. The Labute approximate surface area is 200 Å². The first-order valence-electron chi connectivity index (χ1n) is 11.6. The van der Waals surface area contributed by atoms with E-state index in [0.29, 0.717) is 28.6 Å². The Kier molecular flexibility index (Phi) is 6.71. The quantitative estimate of drug-likeness (QED) is 0.463. The molecule has 0 saturated heterocycles. The second kappa shape index (κ2) is 9.52. The van der Waals surface area contributed by atoms with Crippen molar-refractivity contribution in [1.29, 1.82) is 0 Å². The van der Waals surface area contributed by atoms with Gasteiger partial charge in [-0.1, -0.05) is 68.8 Å². The first-order chi connectivity index (χ1) is 15.7. The molecule has 4 rings (SSSR count). The fourth-order valence-corrected chi connectivity index (χ4v) is 5.72. The summed E-state index contributed by atoms with van der Waals surface area (Å²) in [6.07, 6.45) is 2.86. The van der Waals surface area contributed by atoms with Gasteiger partial charge in [0.25, 0.3) is 11.8 Å². The van der Waals surface area contributed by atoms with Gasteiger partial charge in [0, 0.05) is 17.0 Å². The lowest BCUT2D eigenvalue weighted by Gasteiger charge is -2.33. The Morgan fingerprint density at radius 3 is 2.36 bits per heavy atom. The normalized spacial score (nSPS) is 15.6. The average Bonchev–Trinajstić information content (AvgIpc) is 3.15. The third kappa shape index (κ3) is 5.36. The summed E-state index contributed by atoms with van der Waals surface area (Å²) in [5.74, 6) is 0.257. The van der Waals surface area contributed by atoms with Crippen molar-refractivity contribution in [2.24, 2.45) is 11.3 Å². The summed E-state index contributed by atoms with van der Waals surface area (Å²) in [4.78, 5) is 27.6. The molecular formula is C28H32N2O2S. The second-order valence-corrected chi connectivity index (χ2v) is 11.1. The minimum absolute atomic E-state index is 0.121. The number of carbonyl (C=O) groups excluding carboxylic acids is 2. The third-order valence-electron chi connectivity index (χ3n) is 6.55. The van der Waals surface area contributed by atoms with E-state index in [9.17, 15) is 9.59 Å². The number of fused-ring (bicyclic) bond motifs is 1. The molecule has 1 atom stereocenters. The van der Waals surface area contributed by atoms with Crippen molar-refractivity contribution in [1.82, 2.24) is 5.32 Å². The predicted octanol–water partition coefficient (Wildman–Crippen LogP) is 6.39. The van der Waals surface area contributed by atoms with Crippen LogP contribution in [0.25, 0.3) is 0 Å². The van der Waals surface area contributed by atoms with Gasteiger partial charge in [-0.25, -0.2) is 0 Å². The lowest BCUT2D eigenvalue weighted by atomic mass is 9.72. The molecule has 1 aliphatic rings. The molecule has 0 aliphatic heterocycles. The van der Waals surface area contributed by atoms with Crippen LogP contribution in [0.3, 0.4) is 0 Å². The molecule has 2 N–H and O–H groups in total. The number of aryl methyl sites for hydroxylation is 1. The molecule has 0 radical (unpaired) electrons. The van der Waals surface area contributed by atoms with Gasteiger partial charge < -0.3 is 10.6 Å². The Morgan fingerprint density at radius 1 is 1.00 bits per heavy atom. The van der Waals surface area contributed by atoms with Gasteiger partial charge in [0.2, 0.25) is 0 Å². The van der Waals surface area contributed by atoms with Crippen molar-refractivity contribution in [2.45, 2.75) is 53.5 Å². The highest BCUT2D eigenvalue weighted by Gasteiger charge is 2.34. The number of amides is 2. The van der Waals surface area contributed by atoms with Gasteiger partial charge in [-0.3, -0.25) is 9.59 Å². The van der Waals surface area contributed by atoms with E-state index in [1.807, 2.05) is 61.5 Å². The van der Waals surface area contributed by atoms with Crippen LogP contribution in [0.4, 0.5) is 5.00 Å². The lowest BCUT2D eigenvalue weighted by Crippen LogP contribution is -2.28. The van der Waals surface area contributed by atoms with Crippen LogP contribution in [0.1, 0.15) is 69.5 Å². The topological polar surface area (TPSA) is 58.2 Å². The van der Waals surface area contributed by atoms with E-state index in [2.05, 4.69) is 31.4 Å². The van der Waals surface area contributed by atoms with Crippen LogP contribution < -0.4 is 10.6 Å². The zero-order valence-corrected chi connectivity index (χ0v) is 20.6. The number of hydrogen-bond donors (Lipinski definition) is 2. The van der Waals surface area contributed by atoms with Gasteiger partial charge in [0.05, 0.1) is 5.56 Å². The number of nitrogens with one attached hydrogen (secondary N) is 2. The van der Waals surface area contributed by atoms with Crippen molar-refractivity contribution in [3.05, 3.63) is 87.3 Å². The summed E-state index contributed by atoms with van der Waals surface area (Å²) in [6, 6.07) is 17.4. The second-order valence-electron chi connectivity index (χ2n) is 10.0. The molecule has 1 heterocycles. The first kappa shape index (κ1) is 23.2. The van der Waals surface area contributed by atoms with Crippen molar-refractivity contribution < 1.29 is 9.59 Å². The zero-order chi connectivity index (χ0) is 23.6. The molecular weight excluding hydrogens is 428 g/mol. The SMILES string of the molecule is Cc1ccc(C(=O)Nc2sc3c(c2C(=O)NCc2ccccc2)CCC(C(C)(C)C)C3)cc1. The number of benzene rings is 2. The van der Waals surface area contributed by atoms with E-state index < -0.39 is 0 Å². The molecule has 0 bridgehead atoms. The van der Waals surface area contributed by atoms with Crippen LogP contribution in [0.5, 0.6) is 0 Å². The van der Waals surface area contributed by atoms with Gasteiger partial charge in [0.1, 0.15) is 5.00 Å². The number of anilines is 1. The maximum Gasteiger partial charge on any atom is 0.256 e. The van der Waals surface area contributed by atoms with Crippen LogP contribution in [0, 0.1) is 18.3 Å². The molecule has 1 aliphatic carbocycles. The van der Waals surface area contributed by atoms with Crippen molar-refractivity contribution in [2.75, 3.05) is 5.32 Å². The fourth-order valence-electron chi connectivity index (χ4n) is 4.40. The van der Waals surface area contributed by atoms with E-state index in [-0.39, 0.29) is 17.2 Å². The summed E-state index contributed by atoms with van der Waals surface area (Å²) in [5.41, 5.74) is 4.70. The predicted molar refractivity (Wildman–Crippen MR) is 136 cm³/mol. The maximum absolute atomic E-state index is 13.4. The minimum Gasteiger partial charge on any atom is -0.348 e. The molecule has 0 fully saturated rings. The maximum atomic E-state index is 13.4. The Hall–Kier alpha value is -2.92. The monoisotopic (exact) mass is 460 g/mol. The van der Waals surface area contributed by atoms with Crippen molar-refractivity contribution in [3.63, 3.8) is 0 Å². The Balaban J connectivity index is 1.62. The number of carbonyl (C=O) groups is 2. The summed E-state index contributed by atoms with van der Waals surface area (Å²) in [5, 5.41) is 6.78. The molecule has 33 heavy (non-hydrogen) atoms. The van der Waals surface area contributed by atoms with Gasteiger partial charge in [-0.15, -0.1) is 11.3 Å².